The number of carbonyl (C=O) groups is 1. The van der Waals surface area contributed by atoms with E-state index in [-0.39, 0.29) is 0 Å². The van der Waals surface area contributed by atoms with Gasteiger partial charge in [0.15, 0.2) is 0 Å². The van der Waals surface area contributed by atoms with Gasteiger partial charge in [0.2, 0.25) is 0 Å². The highest BCUT2D eigenvalue weighted by atomic mass is 16.4. The van der Waals surface area contributed by atoms with Crippen molar-refractivity contribution in [3.8, 4) is 0 Å². The molecule has 0 amide bonds. The minimum atomic E-state index is -0.809. The molecule has 3 heteroatoms. The van der Waals surface area contributed by atoms with Crippen LogP contribution < -0.4 is 0 Å². The molecule has 86 valence electrons. The molecule has 2 rings (SSSR count). The summed E-state index contributed by atoms with van der Waals surface area (Å²) in [7, 11) is 4.11. The first-order valence-electron chi connectivity index (χ1n) is 5.60. The van der Waals surface area contributed by atoms with Crippen molar-refractivity contribution in [1.29, 1.82) is 0 Å². The summed E-state index contributed by atoms with van der Waals surface area (Å²) in [4.78, 5) is 13.3. The number of nitrogens with zero attached hydrogens (tertiary/aromatic N) is 1. The molecule has 16 heavy (non-hydrogen) atoms. The highest BCUT2D eigenvalue weighted by molar-refractivity contribution is 5.89. The number of benzene rings is 1. The molecule has 1 aliphatic carbocycles. The van der Waals surface area contributed by atoms with E-state index in [4.69, 9.17) is 5.11 Å². The van der Waals surface area contributed by atoms with Crippen LogP contribution in [0.15, 0.2) is 18.2 Å². The molecule has 0 fully saturated rings. The Morgan fingerprint density at radius 1 is 1.44 bits per heavy atom. The summed E-state index contributed by atoms with van der Waals surface area (Å²) in [6.45, 7) is 0. The number of hydrogen-bond acceptors (Lipinski definition) is 2. The van der Waals surface area contributed by atoms with Crippen molar-refractivity contribution in [3.05, 3.63) is 34.9 Å². The van der Waals surface area contributed by atoms with Crippen LogP contribution in [0, 0.1) is 0 Å². The second-order valence-electron chi connectivity index (χ2n) is 4.61. The molecular formula is C13H17NO2. The predicted octanol–water partition coefficient (Wildman–Crippen LogP) is 1.80. The van der Waals surface area contributed by atoms with Crippen molar-refractivity contribution in [2.75, 3.05) is 14.1 Å². The Hall–Kier alpha value is -1.35. The molecular weight excluding hydrogens is 202 g/mol. The van der Waals surface area contributed by atoms with E-state index in [2.05, 4.69) is 19.0 Å². The lowest BCUT2D eigenvalue weighted by molar-refractivity contribution is 0.0694. The normalized spacial score (nSPS) is 19.6. The Labute approximate surface area is 95.7 Å². The summed E-state index contributed by atoms with van der Waals surface area (Å²) >= 11 is 0. The topological polar surface area (TPSA) is 40.5 Å². The SMILES string of the molecule is CN(C)C1CCc2cccc(C(=O)O)c2C1. The average Bonchev–Trinajstić information content (AvgIpc) is 2.27. The summed E-state index contributed by atoms with van der Waals surface area (Å²) in [6, 6.07) is 6.07. The summed E-state index contributed by atoms with van der Waals surface area (Å²) in [6.07, 6.45) is 2.95. The molecule has 1 N–H and O–H groups in total. The molecule has 0 spiro atoms. The van der Waals surface area contributed by atoms with Gasteiger partial charge in [0, 0.05) is 6.04 Å². The monoisotopic (exact) mass is 219 g/mol. The van der Waals surface area contributed by atoms with Crippen LogP contribution in [0.1, 0.15) is 27.9 Å². The van der Waals surface area contributed by atoms with Crippen LogP contribution in [0.4, 0.5) is 0 Å². The lowest BCUT2D eigenvalue weighted by Gasteiger charge is -2.30. The molecule has 0 heterocycles. The Balaban J connectivity index is 2.38. The minimum absolute atomic E-state index is 0.466. The van der Waals surface area contributed by atoms with Gasteiger partial charge in [-0.05, 0) is 50.6 Å². The van der Waals surface area contributed by atoms with E-state index >= 15 is 0 Å². The maximum atomic E-state index is 11.1. The van der Waals surface area contributed by atoms with Crippen molar-refractivity contribution < 1.29 is 9.90 Å². The minimum Gasteiger partial charge on any atom is -0.478 e. The van der Waals surface area contributed by atoms with Crippen LogP contribution in [0.5, 0.6) is 0 Å². The molecule has 1 atom stereocenters. The van der Waals surface area contributed by atoms with Gasteiger partial charge in [-0.2, -0.15) is 0 Å². The van der Waals surface area contributed by atoms with Crippen LogP contribution >= 0.6 is 0 Å². The van der Waals surface area contributed by atoms with Crippen molar-refractivity contribution in [1.82, 2.24) is 4.90 Å². The molecule has 0 saturated heterocycles. The number of fused-ring (bicyclic) bond motifs is 1. The van der Waals surface area contributed by atoms with Gasteiger partial charge in [-0.15, -0.1) is 0 Å². The third-order valence-electron chi connectivity index (χ3n) is 3.42. The Bertz CT molecular complexity index is 412. The van der Waals surface area contributed by atoms with Gasteiger partial charge in [0.1, 0.15) is 0 Å². The molecule has 0 saturated carbocycles. The second kappa shape index (κ2) is 4.26. The van der Waals surface area contributed by atoms with Gasteiger partial charge in [0.25, 0.3) is 0 Å². The number of hydrogen-bond donors (Lipinski definition) is 1. The molecule has 1 aromatic rings. The van der Waals surface area contributed by atoms with E-state index < -0.39 is 5.97 Å². The van der Waals surface area contributed by atoms with Gasteiger partial charge in [-0.1, -0.05) is 12.1 Å². The van der Waals surface area contributed by atoms with Crippen LogP contribution in [-0.4, -0.2) is 36.1 Å². The summed E-state index contributed by atoms with van der Waals surface area (Å²) < 4.78 is 0. The molecule has 1 aromatic carbocycles. The number of aryl methyl sites for hydroxylation is 1. The van der Waals surface area contributed by atoms with E-state index in [1.807, 2.05) is 12.1 Å². The standard InChI is InChI=1S/C13H17NO2/c1-14(2)10-7-6-9-4-3-5-11(13(15)16)12(9)8-10/h3-5,10H,6-8H2,1-2H3,(H,15,16). The van der Waals surface area contributed by atoms with Crippen molar-refractivity contribution in [2.45, 2.75) is 25.3 Å². The van der Waals surface area contributed by atoms with Crippen molar-refractivity contribution in [3.63, 3.8) is 0 Å². The van der Waals surface area contributed by atoms with E-state index in [1.54, 1.807) is 6.07 Å². The van der Waals surface area contributed by atoms with Crippen LogP contribution in [0.2, 0.25) is 0 Å². The Morgan fingerprint density at radius 2 is 2.19 bits per heavy atom. The smallest absolute Gasteiger partial charge is 0.335 e. The molecule has 1 unspecified atom stereocenters. The first kappa shape index (κ1) is 11.1. The Morgan fingerprint density at radius 3 is 2.81 bits per heavy atom. The fourth-order valence-electron chi connectivity index (χ4n) is 2.41. The molecule has 3 nitrogen and oxygen atoms in total. The number of carboxylic acids is 1. The highest BCUT2D eigenvalue weighted by Crippen LogP contribution is 2.26. The zero-order chi connectivity index (χ0) is 11.7. The number of aromatic carboxylic acids is 1. The maximum Gasteiger partial charge on any atom is 0.335 e. The zero-order valence-corrected chi connectivity index (χ0v) is 9.73. The van der Waals surface area contributed by atoms with E-state index in [1.165, 1.54) is 5.56 Å². The molecule has 0 aromatic heterocycles. The zero-order valence-electron chi connectivity index (χ0n) is 9.73. The van der Waals surface area contributed by atoms with E-state index in [0.717, 1.165) is 24.8 Å². The molecule has 1 aliphatic rings. The molecule has 0 radical (unpaired) electrons. The second-order valence-corrected chi connectivity index (χ2v) is 4.61. The quantitative estimate of drug-likeness (QED) is 0.824. The van der Waals surface area contributed by atoms with Crippen molar-refractivity contribution in [2.24, 2.45) is 0 Å². The fourth-order valence-corrected chi connectivity index (χ4v) is 2.41. The highest BCUT2D eigenvalue weighted by Gasteiger charge is 2.23. The fraction of sp³-hybridized carbons (Fsp3) is 0.462. The first-order chi connectivity index (χ1) is 7.59. The average molecular weight is 219 g/mol. The lowest BCUT2D eigenvalue weighted by Crippen LogP contribution is -2.34. The van der Waals surface area contributed by atoms with Gasteiger partial charge in [0.05, 0.1) is 5.56 Å². The maximum absolute atomic E-state index is 11.1. The molecule has 0 bridgehead atoms. The molecule has 0 aliphatic heterocycles. The summed E-state index contributed by atoms with van der Waals surface area (Å²) in [5.74, 6) is -0.809. The van der Waals surface area contributed by atoms with E-state index in [9.17, 15) is 4.79 Å². The number of likely N-dealkylation sites (N-methyl/N-ethyl adjacent to an activating group) is 1. The van der Waals surface area contributed by atoms with Crippen LogP contribution in [0.3, 0.4) is 0 Å². The lowest BCUT2D eigenvalue weighted by atomic mass is 9.85. The predicted molar refractivity (Wildman–Crippen MR) is 62.9 cm³/mol. The van der Waals surface area contributed by atoms with Crippen molar-refractivity contribution >= 4 is 5.97 Å². The van der Waals surface area contributed by atoms with Gasteiger partial charge >= 0.3 is 5.97 Å². The van der Waals surface area contributed by atoms with Crippen LogP contribution in [0.25, 0.3) is 0 Å². The van der Waals surface area contributed by atoms with Gasteiger partial charge < -0.3 is 10.0 Å². The number of rotatable bonds is 2. The third kappa shape index (κ3) is 1.95. The third-order valence-corrected chi connectivity index (χ3v) is 3.42. The number of carboxylic acid groups (broad SMARTS) is 1. The summed E-state index contributed by atoms with van der Waals surface area (Å²) in [5, 5.41) is 9.15. The first-order valence-corrected chi connectivity index (χ1v) is 5.60. The van der Waals surface area contributed by atoms with E-state index in [0.29, 0.717) is 11.6 Å². The van der Waals surface area contributed by atoms with Gasteiger partial charge in [-0.3, -0.25) is 0 Å². The largest absolute Gasteiger partial charge is 0.478 e. The Kier molecular flexibility index (Phi) is 2.97. The summed E-state index contributed by atoms with van der Waals surface area (Å²) in [5.41, 5.74) is 2.71. The van der Waals surface area contributed by atoms with Crippen LogP contribution in [-0.2, 0) is 12.8 Å². The van der Waals surface area contributed by atoms with Gasteiger partial charge in [-0.25, -0.2) is 4.79 Å².